The number of benzene rings is 10. The summed E-state index contributed by atoms with van der Waals surface area (Å²) in [4.78, 5) is 0. The Morgan fingerprint density at radius 2 is 0.698 bits per heavy atom. The molecule has 1 aliphatic heterocycles. The molecule has 0 saturated carbocycles. The van der Waals surface area contributed by atoms with Crippen molar-refractivity contribution in [2.24, 2.45) is 0 Å². The van der Waals surface area contributed by atoms with Gasteiger partial charge in [0.05, 0.1) is 0 Å². The van der Waals surface area contributed by atoms with Crippen molar-refractivity contribution in [3.8, 4) is 55.6 Å². The van der Waals surface area contributed by atoms with Crippen molar-refractivity contribution >= 4 is 61.5 Å². The second-order valence-corrected chi connectivity index (χ2v) is 24.9. The minimum Gasteiger partial charge on any atom is -0.0616 e. The summed E-state index contributed by atoms with van der Waals surface area (Å²) in [6, 6.07) is 69.9. The maximum absolute atomic E-state index is 2.63. The smallest absolute Gasteiger partial charge is 0.0616 e. The van der Waals surface area contributed by atoms with Crippen LogP contribution in [0.3, 0.4) is 0 Å². The molecule has 10 aromatic carbocycles. The van der Waals surface area contributed by atoms with Crippen LogP contribution in [-0.2, 0) is 10.8 Å². The predicted molar refractivity (Wildman–Crippen MR) is 278 cm³/mol. The lowest BCUT2D eigenvalue weighted by atomic mass is 9.81. The Morgan fingerprint density at radius 3 is 1.24 bits per heavy atom. The number of rotatable bonds is 4. The predicted octanol–water partition coefficient (Wildman–Crippen LogP) is 16.4. The normalized spacial score (nSPS) is 13.5. The molecule has 0 amide bonds. The first-order valence-electron chi connectivity index (χ1n) is 22.7. The summed E-state index contributed by atoms with van der Waals surface area (Å²) in [5.74, 6) is 0. The third kappa shape index (κ3) is 6.56. The monoisotopic (exact) mass is 826 g/mol. The van der Waals surface area contributed by atoms with Crippen LogP contribution in [0.2, 0.25) is 13.1 Å². The van der Waals surface area contributed by atoms with E-state index in [1.165, 1.54) is 120 Å². The molecule has 306 valence electrons. The lowest BCUT2D eigenvalue weighted by Gasteiger charge is -2.24. The molecule has 0 unspecified atom stereocenters. The van der Waals surface area contributed by atoms with E-state index in [0.717, 1.165) is 0 Å². The second kappa shape index (κ2) is 14.2. The van der Waals surface area contributed by atoms with Crippen LogP contribution in [0.25, 0.3) is 98.7 Å². The van der Waals surface area contributed by atoms with Crippen LogP contribution in [0.15, 0.2) is 182 Å². The number of fused-ring (bicyclic) bond motifs is 7. The topological polar surface area (TPSA) is 0 Å². The molecule has 0 spiro atoms. The molecule has 1 aliphatic rings. The average Bonchev–Trinajstić information content (AvgIpc) is 3.50. The Labute approximate surface area is 373 Å². The quantitative estimate of drug-likeness (QED) is 0.122. The molecule has 0 atom stereocenters. The Hall–Kier alpha value is -6.54. The second-order valence-electron chi connectivity index (χ2n) is 20.6. The van der Waals surface area contributed by atoms with E-state index >= 15 is 0 Å². The molecule has 0 N–H and O–H groups in total. The van der Waals surface area contributed by atoms with E-state index in [4.69, 9.17) is 0 Å². The Kier molecular flexibility index (Phi) is 8.89. The minimum atomic E-state index is -2.16. The standard InChI is InChI=1S/C62H54Si/c1-61(2,3)49-27-21-41(22-28-49)59-52-32-26-47(45-19-17-39-13-9-11-15-43(39)33-45)35-54(52)60(42-23-29-50(30-24-42)62(4,5)6)56-38-58-53(37-55(56)59)51-31-25-48(36-57(51)63(58,7)8)46-20-18-40-14-10-12-16-44(40)34-46/h9-38H,1-8H3. The maximum atomic E-state index is 2.63. The fourth-order valence-corrected chi connectivity index (χ4v) is 13.5. The summed E-state index contributed by atoms with van der Waals surface area (Å²) in [7, 11) is -2.16. The van der Waals surface area contributed by atoms with E-state index in [0.29, 0.717) is 0 Å². The van der Waals surface area contributed by atoms with Crippen LogP contribution in [0.4, 0.5) is 0 Å². The van der Waals surface area contributed by atoms with E-state index in [-0.39, 0.29) is 10.8 Å². The van der Waals surface area contributed by atoms with Crippen LogP contribution in [-0.4, -0.2) is 8.07 Å². The van der Waals surface area contributed by atoms with E-state index in [9.17, 15) is 0 Å². The van der Waals surface area contributed by atoms with Gasteiger partial charge in [-0.2, -0.15) is 0 Å². The highest BCUT2D eigenvalue weighted by Gasteiger charge is 2.38. The fraction of sp³-hybridized carbons (Fsp3) is 0.161. The van der Waals surface area contributed by atoms with Crippen LogP contribution in [0.1, 0.15) is 52.7 Å². The van der Waals surface area contributed by atoms with E-state index in [1.54, 1.807) is 0 Å². The minimum absolute atomic E-state index is 0.0585. The average molecular weight is 827 g/mol. The fourth-order valence-electron chi connectivity index (χ4n) is 10.4. The molecule has 0 aromatic heterocycles. The molecule has 0 radical (unpaired) electrons. The van der Waals surface area contributed by atoms with Gasteiger partial charge in [-0.05, 0) is 155 Å². The van der Waals surface area contributed by atoms with Crippen molar-refractivity contribution in [3.05, 3.63) is 193 Å². The zero-order valence-corrected chi connectivity index (χ0v) is 38.8. The molecular formula is C62H54Si. The molecule has 1 heteroatoms. The highest BCUT2D eigenvalue weighted by atomic mass is 28.3. The van der Waals surface area contributed by atoms with Gasteiger partial charge in [0.2, 0.25) is 0 Å². The molecule has 0 saturated heterocycles. The zero-order chi connectivity index (χ0) is 43.4. The van der Waals surface area contributed by atoms with Gasteiger partial charge in [-0.15, -0.1) is 0 Å². The first-order valence-corrected chi connectivity index (χ1v) is 25.7. The molecule has 63 heavy (non-hydrogen) atoms. The van der Waals surface area contributed by atoms with Crippen LogP contribution in [0, 0.1) is 0 Å². The Bertz CT molecular complexity index is 3460. The van der Waals surface area contributed by atoms with Crippen LogP contribution >= 0.6 is 0 Å². The van der Waals surface area contributed by atoms with Crippen molar-refractivity contribution in [2.75, 3.05) is 0 Å². The maximum Gasteiger partial charge on any atom is 0.113 e. The third-order valence-corrected chi connectivity index (χ3v) is 17.7. The van der Waals surface area contributed by atoms with Crippen molar-refractivity contribution in [1.82, 2.24) is 0 Å². The van der Waals surface area contributed by atoms with Gasteiger partial charge in [-0.3, -0.25) is 0 Å². The number of hydrogen-bond acceptors (Lipinski definition) is 0. The van der Waals surface area contributed by atoms with Gasteiger partial charge in [0.15, 0.2) is 0 Å². The summed E-state index contributed by atoms with van der Waals surface area (Å²) in [5, 5.41) is 13.3. The largest absolute Gasteiger partial charge is 0.113 e. The van der Waals surface area contributed by atoms with E-state index in [2.05, 4.69) is 237 Å². The van der Waals surface area contributed by atoms with E-state index < -0.39 is 8.07 Å². The molecular weight excluding hydrogens is 773 g/mol. The summed E-state index contributed by atoms with van der Waals surface area (Å²) in [5.41, 5.74) is 15.8. The number of hydrogen-bond donors (Lipinski definition) is 0. The summed E-state index contributed by atoms with van der Waals surface area (Å²) in [6.07, 6.45) is 0. The summed E-state index contributed by atoms with van der Waals surface area (Å²) in [6.45, 7) is 19.0. The first kappa shape index (κ1) is 39.3. The zero-order valence-electron chi connectivity index (χ0n) is 37.8. The van der Waals surface area contributed by atoms with Crippen molar-refractivity contribution in [2.45, 2.75) is 65.5 Å². The molecule has 11 rings (SSSR count). The molecule has 10 aromatic rings. The van der Waals surface area contributed by atoms with Gasteiger partial charge < -0.3 is 0 Å². The highest BCUT2D eigenvalue weighted by molar-refractivity contribution is 7.04. The Balaban J connectivity index is 1.21. The first-order chi connectivity index (χ1) is 30.2. The van der Waals surface area contributed by atoms with Gasteiger partial charge in [0, 0.05) is 0 Å². The lowest BCUT2D eigenvalue weighted by Crippen LogP contribution is -2.49. The van der Waals surface area contributed by atoms with Gasteiger partial charge in [-0.25, -0.2) is 0 Å². The Morgan fingerprint density at radius 1 is 0.302 bits per heavy atom. The van der Waals surface area contributed by atoms with Gasteiger partial charge in [-0.1, -0.05) is 212 Å². The van der Waals surface area contributed by atoms with Crippen molar-refractivity contribution in [3.63, 3.8) is 0 Å². The molecule has 0 fully saturated rings. The van der Waals surface area contributed by atoms with Gasteiger partial charge in [0.25, 0.3) is 0 Å². The van der Waals surface area contributed by atoms with Gasteiger partial charge >= 0.3 is 0 Å². The molecule has 0 aliphatic carbocycles. The SMILES string of the molecule is CC(C)(C)c1ccc(-c2c3ccc(-c4ccc5ccccc5c4)cc3c(-c3ccc(C(C)(C)C)cc3)c3cc4c(cc23)-c2ccc(-c3ccc5ccccc5c3)cc2[Si]4(C)C)cc1. The van der Waals surface area contributed by atoms with Crippen LogP contribution < -0.4 is 10.4 Å². The molecule has 0 nitrogen and oxygen atoms in total. The van der Waals surface area contributed by atoms with Crippen LogP contribution in [0.5, 0.6) is 0 Å². The molecule has 1 heterocycles. The lowest BCUT2D eigenvalue weighted by molar-refractivity contribution is 0.590. The summed E-state index contributed by atoms with van der Waals surface area (Å²) >= 11 is 0. The van der Waals surface area contributed by atoms with E-state index in [1.807, 2.05) is 0 Å². The highest BCUT2D eigenvalue weighted by Crippen LogP contribution is 2.47. The van der Waals surface area contributed by atoms with Crippen molar-refractivity contribution in [1.29, 1.82) is 0 Å². The van der Waals surface area contributed by atoms with Gasteiger partial charge in [0.1, 0.15) is 8.07 Å². The summed E-state index contributed by atoms with van der Waals surface area (Å²) < 4.78 is 0. The third-order valence-electron chi connectivity index (χ3n) is 14.2. The molecule has 0 bridgehead atoms. The van der Waals surface area contributed by atoms with Crippen molar-refractivity contribution < 1.29 is 0 Å².